The molecule has 0 aromatic heterocycles. The largest absolute Gasteiger partial charge is 0.493 e. The summed E-state index contributed by atoms with van der Waals surface area (Å²) in [5.41, 5.74) is 2.05. The number of carbonyl (C=O) groups is 2. The van der Waals surface area contributed by atoms with E-state index in [1.54, 1.807) is 30.3 Å². The Hall–Kier alpha value is -3.22. The maximum Gasteiger partial charge on any atom is 0.337 e. The smallest absolute Gasteiger partial charge is 0.337 e. The van der Waals surface area contributed by atoms with E-state index in [9.17, 15) is 9.59 Å². The molecule has 0 bridgehead atoms. The third kappa shape index (κ3) is 3.42. The van der Waals surface area contributed by atoms with E-state index in [0.717, 1.165) is 5.56 Å². The van der Waals surface area contributed by atoms with Crippen molar-refractivity contribution < 1.29 is 28.5 Å². The van der Waals surface area contributed by atoms with Crippen LogP contribution in [0.1, 0.15) is 26.3 Å². The highest BCUT2D eigenvalue weighted by atomic mass is 16.6. The molecule has 1 amide bonds. The average Bonchev–Trinajstić information content (AvgIpc) is 2.67. The Morgan fingerprint density at radius 2 is 1.81 bits per heavy atom. The van der Waals surface area contributed by atoms with Crippen LogP contribution in [0.4, 0.5) is 5.69 Å². The Balaban J connectivity index is 1.90. The first-order chi connectivity index (χ1) is 12.5. The maximum absolute atomic E-state index is 12.7. The Bertz CT molecular complexity index is 844. The molecule has 136 valence electrons. The van der Waals surface area contributed by atoms with Crippen molar-refractivity contribution in [2.45, 2.75) is 6.92 Å². The van der Waals surface area contributed by atoms with E-state index in [-0.39, 0.29) is 5.91 Å². The minimum Gasteiger partial charge on any atom is -0.493 e. The highest BCUT2D eigenvalue weighted by Crippen LogP contribution is 2.40. The van der Waals surface area contributed by atoms with Crippen LogP contribution in [-0.4, -0.2) is 39.3 Å². The Morgan fingerprint density at radius 1 is 1.04 bits per heavy atom. The van der Waals surface area contributed by atoms with Gasteiger partial charge in [-0.1, -0.05) is 6.07 Å². The monoisotopic (exact) mass is 357 g/mol. The molecule has 1 aliphatic rings. The van der Waals surface area contributed by atoms with Crippen molar-refractivity contribution in [3.05, 3.63) is 47.0 Å². The van der Waals surface area contributed by atoms with Crippen LogP contribution in [-0.2, 0) is 4.74 Å². The fraction of sp³-hybridized carbons (Fsp3) is 0.263. The van der Waals surface area contributed by atoms with Gasteiger partial charge in [0.1, 0.15) is 13.2 Å². The zero-order chi connectivity index (χ0) is 18.7. The van der Waals surface area contributed by atoms with Crippen molar-refractivity contribution in [1.82, 2.24) is 0 Å². The molecule has 0 saturated carbocycles. The zero-order valence-electron chi connectivity index (χ0n) is 14.8. The number of fused-ring (bicyclic) bond motifs is 1. The normalized spacial score (nSPS) is 12.3. The summed E-state index contributed by atoms with van der Waals surface area (Å²) in [7, 11) is 2.81. The first-order valence-corrected chi connectivity index (χ1v) is 8.01. The van der Waals surface area contributed by atoms with E-state index in [4.69, 9.17) is 18.9 Å². The predicted octanol–water partition coefficient (Wildman–Crippen LogP) is 2.81. The summed E-state index contributed by atoms with van der Waals surface area (Å²) in [6.07, 6.45) is 0. The first-order valence-electron chi connectivity index (χ1n) is 8.01. The summed E-state index contributed by atoms with van der Waals surface area (Å²) in [4.78, 5) is 24.4. The van der Waals surface area contributed by atoms with E-state index in [2.05, 4.69) is 5.32 Å². The molecule has 1 N–H and O–H groups in total. The van der Waals surface area contributed by atoms with Gasteiger partial charge in [0, 0.05) is 11.3 Å². The Labute approximate surface area is 150 Å². The van der Waals surface area contributed by atoms with Crippen LogP contribution in [0, 0.1) is 6.92 Å². The number of methoxy groups -OCH3 is 2. The van der Waals surface area contributed by atoms with Crippen LogP contribution in [0.25, 0.3) is 0 Å². The molecule has 0 spiro atoms. The van der Waals surface area contributed by atoms with Crippen molar-refractivity contribution in [1.29, 1.82) is 0 Å². The SMILES string of the molecule is COC(=O)c1ccc(C)c(NC(=O)c2cc(OC)c3c(c2)OCCO3)c1. The van der Waals surface area contributed by atoms with E-state index < -0.39 is 5.97 Å². The molecule has 0 fully saturated rings. The number of ether oxygens (including phenoxy) is 4. The number of amides is 1. The number of esters is 1. The van der Waals surface area contributed by atoms with Crippen LogP contribution < -0.4 is 19.5 Å². The average molecular weight is 357 g/mol. The van der Waals surface area contributed by atoms with Gasteiger partial charge < -0.3 is 24.3 Å². The van der Waals surface area contributed by atoms with Crippen molar-refractivity contribution in [3.63, 3.8) is 0 Å². The van der Waals surface area contributed by atoms with Crippen molar-refractivity contribution in [3.8, 4) is 17.2 Å². The quantitative estimate of drug-likeness (QED) is 0.847. The highest BCUT2D eigenvalue weighted by molar-refractivity contribution is 6.06. The van der Waals surface area contributed by atoms with Crippen molar-refractivity contribution >= 4 is 17.6 Å². The second-order valence-corrected chi connectivity index (χ2v) is 5.68. The molecule has 0 unspecified atom stereocenters. The third-order valence-corrected chi connectivity index (χ3v) is 4.00. The standard InChI is InChI=1S/C19H19NO6/c1-11-4-5-12(19(22)24-3)8-14(11)20-18(21)13-9-15(23-2)17-16(10-13)25-6-7-26-17/h4-5,8-10H,6-7H2,1-3H3,(H,20,21). The van der Waals surface area contributed by atoms with Crippen LogP contribution >= 0.6 is 0 Å². The van der Waals surface area contributed by atoms with Crippen LogP contribution in [0.5, 0.6) is 17.2 Å². The molecule has 2 aromatic rings. The summed E-state index contributed by atoms with van der Waals surface area (Å²) < 4.78 is 21.1. The predicted molar refractivity (Wildman–Crippen MR) is 94.5 cm³/mol. The van der Waals surface area contributed by atoms with Crippen LogP contribution in [0.2, 0.25) is 0 Å². The van der Waals surface area contributed by atoms with E-state index in [1.165, 1.54) is 14.2 Å². The number of benzene rings is 2. The molecule has 2 aromatic carbocycles. The number of hydrogen-bond acceptors (Lipinski definition) is 6. The molecular weight excluding hydrogens is 338 g/mol. The van der Waals surface area contributed by atoms with E-state index >= 15 is 0 Å². The second kappa shape index (κ2) is 7.35. The van der Waals surface area contributed by atoms with Crippen LogP contribution in [0.3, 0.4) is 0 Å². The molecule has 7 heteroatoms. The summed E-state index contributed by atoms with van der Waals surface area (Å²) in [6, 6.07) is 8.15. The fourth-order valence-electron chi connectivity index (χ4n) is 2.60. The van der Waals surface area contributed by atoms with Gasteiger partial charge in [-0.05, 0) is 36.8 Å². The minimum atomic E-state index is -0.471. The maximum atomic E-state index is 12.7. The first kappa shape index (κ1) is 17.6. The Kier molecular flexibility index (Phi) is 4.97. The lowest BCUT2D eigenvalue weighted by atomic mass is 10.1. The van der Waals surface area contributed by atoms with Gasteiger partial charge in [-0.3, -0.25) is 4.79 Å². The van der Waals surface area contributed by atoms with Gasteiger partial charge in [-0.15, -0.1) is 0 Å². The van der Waals surface area contributed by atoms with E-state index in [0.29, 0.717) is 47.3 Å². The molecule has 3 rings (SSSR count). The minimum absolute atomic E-state index is 0.355. The summed E-state index contributed by atoms with van der Waals surface area (Å²) in [6.45, 7) is 2.66. The number of rotatable bonds is 4. The zero-order valence-corrected chi connectivity index (χ0v) is 14.8. The summed E-state index contributed by atoms with van der Waals surface area (Å²) in [5.74, 6) is 0.541. The topological polar surface area (TPSA) is 83.1 Å². The van der Waals surface area contributed by atoms with Gasteiger partial charge in [0.05, 0.1) is 19.8 Å². The number of nitrogens with one attached hydrogen (secondary N) is 1. The van der Waals surface area contributed by atoms with Gasteiger partial charge in [0.2, 0.25) is 5.75 Å². The lowest BCUT2D eigenvalue weighted by Crippen LogP contribution is -2.18. The fourth-order valence-corrected chi connectivity index (χ4v) is 2.60. The number of carbonyl (C=O) groups excluding carboxylic acids is 2. The van der Waals surface area contributed by atoms with Gasteiger partial charge in [0.25, 0.3) is 5.91 Å². The van der Waals surface area contributed by atoms with Gasteiger partial charge in [0.15, 0.2) is 11.5 Å². The summed E-state index contributed by atoms with van der Waals surface area (Å²) >= 11 is 0. The van der Waals surface area contributed by atoms with Gasteiger partial charge in [-0.25, -0.2) is 4.79 Å². The molecule has 0 radical (unpaired) electrons. The third-order valence-electron chi connectivity index (χ3n) is 4.00. The molecule has 0 aliphatic carbocycles. The molecule has 1 heterocycles. The molecule has 7 nitrogen and oxygen atoms in total. The molecular formula is C19H19NO6. The number of anilines is 1. The van der Waals surface area contributed by atoms with Gasteiger partial charge >= 0.3 is 5.97 Å². The lowest BCUT2D eigenvalue weighted by Gasteiger charge is -2.21. The molecule has 26 heavy (non-hydrogen) atoms. The van der Waals surface area contributed by atoms with Crippen molar-refractivity contribution in [2.75, 3.05) is 32.8 Å². The van der Waals surface area contributed by atoms with Crippen LogP contribution in [0.15, 0.2) is 30.3 Å². The Morgan fingerprint density at radius 3 is 2.54 bits per heavy atom. The van der Waals surface area contributed by atoms with Gasteiger partial charge in [-0.2, -0.15) is 0 Å². The lowest BCUT2D eigenvalue weighted by molar-refractivity contribution is 0.0600. The summed E-state index contributed by atoms with van der Waals surface area (Å²) in [5, 5.41) is 2.81. The number of hydrogen-bond donors (Lipinski definition) is 1. The van der Waals surface area contributed by atoms with Crippen molar-refractivity contribution in [2.24, 2.45) is 0 Å². The molecule has 0 saturated heterocycles. The second-order valence-electron chi connectivity index (χ2n) is 5.68. The highest BCUT2D eigenvalue weighted by Gasteiger charge is 2.21. The molecule has 0 atom stereocenters. The molecule has 1 aliphatic heterocycles. The van der Waals surface area contributed by atoms with E-state index in [1.807, 2.05) is 6.92 Å². The number of aryl methyl sites for hydroxylation is 1.